The van der Waals surface area contributed by atoms with E-state index in [0.717, 1.165) is 11.6 Å². The van der Waals surface area contributed by atoms with Crippen LogP contribution in [-0.2, 0) is 17.4 Å². The summed E-state index contributed by atoms with van der Waals surface area (Å²) < 4.78 is 45.5. The molecule has 2 fully saturated rings. The van der Waals surface area contributed by atoms with Gasteiger partial charge in [0, 0.05) is 37.3 Å². The molecule has 0 aromatic heterocycles. The van der Waals surface area contributed by atoms with Gasteiger partial charge in [-0.3, -0.25) is 4.79 Å². The third-order valence-corrected chi connectivity index (χ3v) is 7.04. The lowest BCUT2D eigenvalue weighted by Gasteiger charge is -2.44. The third-order valence-electron chi connectivity index (χ3n) is 7.04. The highest BCUT2D eigenvalue weighted by molar-refractivity contribution is 5.79. The summed E-state index contributed by atoms with van der Waals surface area (Å²) in [6.07, 6.45) is -3.76. The molecular formula is C25H26F3N3O3. The van der Waals surface area contributed by atoms with E-state index in [1.807, 2.05) is 17.0 Å². The molecule has 2 aromatic rings. The molecule has 2 aliphatic heterocycles. The van der Waals surface area contributed by atoms with Crippen LogP contribution in [0.3, 0.4) is 0 Å². The van der Waals surface area contributed by atoms with Gasteiger partial charge in [0.25, 0.3) is 0 Å². The zero-order chi connectivity index (χ0) is 24.5. The minimum Gasteiger partial charge on any atom is -0.497 e. The molecule has 2 aliphatic rings. The Labute approximate surface area is 196 Å². The molecule has 0 spiro atoms. The maximum Gasteiger partial charge on any atom is 0.417 e. The molecule has 9 heteroatoms. The molecule has 0 radical (unpaired) electrons. The van der Waals surface area contributed by atoms with E-state index in [2.05, 4.69) is 0 Å². The van der Waals surface area contributed by atoms with Crippen molar-refractivity contribution < 1.29 is 27.8 Å². The number of rotatable bonds is 5. The van der Waals surface area contributed by atoms with Gasteiger partial charge in [-0.2, -0.15) is 18.4 Å². The maximum atomic E-state index is 13.4. The number of halogens is 3. The maximum absolute atomic E-state index is 13.4. The SMILES string of the molecule is COc1ccc(CC(=O)N2C[C@H]3CCN(c4ccc(C#N)c(C(F)(F)F)c4)C[C@@]3(CO)C2)cc1. The van der Waals surface area contributed by atoms with Crippen molar-refractivity contribution >= 4 is 11.6 Å². The number of nitrogens with zero attached hydrogens (tertiary/aromatic N) is 3. The zero-order valence-electron chi connectivity index (χ0n) is 18.8. The Balaban J connectivity index is 1.50. The molecule has 1 N–H and O–H groups in total. The number of hydrogen-bond donors (Lipinski definition) is 1. The number of carbonyl (C=O) groups excluding carboxylic acids is 1. The van der Waals surface area contributed by atoms with E-state index >= 15 is 0 Å². The fourth-order valence-electron chi connectivity index (χ4n) is 5.11. The average molecular weight is 473 g/mol. The number of benzene rings is 2. The lowest BCUT2D eigenvalue weighted by Crippen LogP contribution is -2.51. The van der Waals surface area contributed by atoms with Gasteiger partial charge in [-0.15, -0.1) is 0 Å². The van der Waals surface area contributed by atoms with Crippen molar-refractivity contribution in [3.63, 3.8) is 0 Å². The normalized spacial score (nSPS) is 22.3. The van der Waals surface area contributed by atoms with Gasteiger partial charge >= 0.3 is 6.18 Å². The first-order valence-corrected chi connectivity index (χ1v) is 11.1. The molecule has 34 heavy (non-hydrogen) atoms. The summed E-state index contributed by atoms with van der Waals surface area (Å²) in [6, 6.07) is 12.6. The standard InChI is InChI=1S/C25H26F3N3O3/c1-34-21-6-2-17(3-7-21)10-23(33)31-13-19-8-9-30(14-24(19,15-31)16-32)20-5-4-18(12-29)22(11-20)25(26,27)28/h2-7,11,19,32H,8-10,13-16H2,1H3/t19-,24+/m1/s1. The van der Waals surface area contributed by atoms with E-state index in [1.54, 1.807) is 30.2 Å². The van der Waals surface area contributed by atoms with E-state index in [-0.39, 0.29) is 24.9 Å². The fraction of sp³-hybridized carbons (Fsp3) is 0.440. The summed E-state index contributed by atoms with van der Waals surface area (Å²) in [5.74, 6) is 0.727. The van der Waals surface area contributed by atoms with Crippen LogP contribution in [0, 0.1) is 22.7 Å². The van der Waals surface area contributed by atoms with E-state index in [0.29, 0.717) is 44.0 Å². The topological polar surface area (TPSA) is 76.8 Å². The Morgan fingerprint density at radius 3 is 2.59 bits per heavy atom. The molecule has 2 atom stereocenters. The number of nitriles is 1. The number of carbonyl (C=O) groups is 1. The molecule has 2 heterocycles. The molecule has 0 saturated carbocycles. The number of ether oxygens (including phenoxy) is 1. The van der Waals surface area contributed by atoms with Gasteiger partial charge in [-0.25, -0.2) is 0 Å². The first kappa shape index (κ1) is 23.9. The van der Waals surface area contributed by atoms with Crippen LogP contribution in [0.1, 0.15) is 23.1 Å². The Bertz CT molecular complexity index is 1100. The van der Waals surface area contributed by atoms with Crippen LogP contribution in [0.15, 0.2) is 42.5 Å². The zero-order valence-corrected chi connectivity index (χ0v) is 18.8. The molecule has 0 aliphatic carbocycles. The van der Waals surface area contributed by atoms with Crippen molar-refractivity contribution in [1.82, 2.24) is 4.90 Å². The Kier molecular flexibility index (Phi) is 6.45. The Morgan fingerprint density at radius 2 is 1.97 bits per heavy atom. The second-order valence-electron chi connectivity index (χ2n) is 9.07. The highest BCUT2D eigenvalue weighted by atomic mass is 19.4. The molecular weight excluding hydrogens is 447 g/mol. The Hall–Kier alpha value is -3.25. The lowest BCUT2D eigenvalue weighted by molar-refractivity contribution is -0.137. The monoisotopic (exact) mass is 473 g/mol. The highest BCUT2D eigenvalue weighted by Crippen LogP contribution is 2.44. The lowest BCUT2D eigenvalue weighted by atomic mass is 9.74. The largest absolute Gasteiger partial charge is 0.497 e. The summed E-state index contributed by atoms with van der Waals surface area (Å²) in [6.45, 7) is 1.55. The molecule has 2 aromatic carbocycles. The molecule has 6 nitrogen and oxygen atoms in total. The number of anilines is 1. The van der Waals surface area contributed by atoms with E-state index < -0.39 is 22.7 Å². The van der Waals surface area contributed by atoms with Crippen LogP contribution < -0.4 is 9.64 Å². The summed E-state index contributed by atoms with van der Waals surface area (Å²) in [5, 5.41) is 19.4. The highest BCUT2D eigenvalue weighted by Gasteiger charge is 2.50. The van der Waals surface area contributed by atoms with Gasteiger partial charge in [0.2, 0.25) is 5.91 Å². The van der Waals surface area contributed by atoms with Gasteiger partial charge in [0.15, 0.2) is 0 Å². The van der Waals surface area contributed by atoms with Crippen molar-refractivity contribution in [3.8, 4) is 11.8 Å². The smallest absolute Gasteiger partial charge is 0.417 e. The molecule has 0 bridgehead atoms. The average Bonchev–Trinajstić information content (AvgIpc) is 3.23. The first-order chi connectivity index (χ1) is 16.2. The second kappa shape index (κ2) is 9.18. The van der Waals surface area contributed by atoms with Crippen LogP contribution in [0.5, 0.6) is 5.75 Å². The number of fused-ring (bicyclic) bond motifs is 1. The van der Waals surface area contributed by atoms with Crippen molar-refractivity contribution in [1.29, 1.82) is 5.26 Å². The number of amides is 1. The Morgan fingerprint density at radius 1 is 1.24 bits per heavy atom. The summed E-state index contributed by atoms with van der Waals surface area (Å²) in [7, 11) is 1.57. The molecule has 1 amide bonds. The quantitative estimate of drug-likeness (QED) is 0.720. The van der Waals surface area contributed by atoms with Crippen molar-refractivity contribution in [2.24, 2.45) is 11.3 Å². The van der Waals surface area contributed by atoms with Crippen LogP contribution in [0.25, 0.3) is 0 Å². The van der Waals surface area contributed by atoms with Gasteiger partial charge in [0.05, 0.1) is 37.3 Å². The van der Waals surface area contributed by atoms with Gasteiger partial charge in [-0.1, -0.05) is 12.1 Å². The number of aliphatic hydroxyl groups is 1. The first-order valence-electron chi connectivity index (χ1n) is 11.1. The minimum absolute atomic E-state index is 0.0447. The van der Waals surface area contributed by atoms with E-state index in [4.69, 9.17) is 10.00 Å². The molecule has 4 rings (SSSR count). The molecule has 0 unspecified atom stereocenters. The van der Waals surface area contributed by atoms with Crippen molar-refractivity contribution in [3.05, 3.63) is 59.2 Å². The molecule has 180 valence electrons. The predicted octanol–water partition coefficient (Wildman–Crippen LogP) is 3.48. The number of aliphatic hydroxyl groups excluding tert-OH is 1. The van der Waals surface area contributed by atoms with Crippen molar-refractivity contribution in [2.75, 3.05) is 44.8 Å². The van der Waals surface area contributed by atoms with Gasteiger partial charge in [-0.05, 0) is 48.2 Å². The summed E-state index contributed by atoms with van der Waals surface area (Å²) >= 11 is 0. The minimum atomic E-state index is -4.63. The van der Waals surface area contributed by atoms with Crippen LogP contribution >= 0.6 is 0 Å². The van der Waals surface area contributed by atoms with Crippen molar-refractivity contribution in [2.45, 2.75) is 19.0 Å². The van der Waals surface area contributed by atoms with Crippen LogP contribution in [-0.4, -0.2) is 55.8 Å². The number of hydrogen-bond acceptors (Lipinski definition) is 5. The van der Waals surface area contributed by atoms with E-state index in [1.165, 1.54) is 12.1 Å². The van der Waals surface area contributed by atoms with Crippen LogP contribution in [0.2, 0.25) is 0 Å². The number of methoxy groups -OCH3 is 1. The summed E-state index contributed by atoms with van der Waals surface area (Å²) in [5.41, 5.74) is -0.770. The second-order valence-corrected chi connectivity index (χ2v) is 9.07. The molecule has 2 saturated heterocycles. The predicted molar refractivity (Wildman–Crippen MR) is 119 cm³/mol. The summed E-state index contributed by atoms with van der Waals surface area (Å²) in [4.78, 5) is 16.6. The fourth-order valence-corrected chi connectivity index (χ4v) is 5.11. The van der Waals surface area contributed by atoms with Crippen LogP contribution in [0.4, 0.5) is 18.9 Å². The number of piperidine rings is 1. The van der Waals surface area contributed by atoms with Gasteiger partial charge in [0.1, 0.15) is 5.75 Å². The van der Waals surface area contributed by atoms with E-state index in [9.17, 15) is 23.1 Å². The third kappa shape index (κ3) is 4.55. The number of alkyl halides is 3. The van der Waals surface area contributed by atoms with Gasteiger partial charge < -0.3 is 19.6 Å². The number of likely N-dealkylation sites (tertiary alicyclic amines) is 1.